The SMILES string of the molecule is CCN(c1ccccc1)c1ccc2c(c1)CCC[C@H]2CNC(=O)OC(C)(C)C. The highest BCUT2D eigenvalue weighted by atomic mass is 16.6. The van der Waals surface area contributed by atoms with Crippen LogP contribution < -0.4 is 10.2 Å². The van der Waals surface area contributed by atoms with Crippen molar-refractivity contribution in [2.45, 2.75) is 58.5 Å². The van der Waals surface area contributed by atoms with Crippen LogP contribution in [-0.2, 0) is 11.2 Å². The number of hydrogen-bond acceptors (Lipinski definition) is 3. The summed E-state index contributed by atoms with van der Waals surface area (Å²) in [7, 11) is 0. The third-order valence-electron chi connectivity index (χ3n) is 5.15. The zero-order valence-corrected chi connectivity index (χ0v) is 17.5. The van der Waals surface area contributed by atoms with Gasteiger partial charge >= 0.3 is 6.09 Å². The minimum absolute atomic E-state index is 0.336. The van der Waals surface area contributed by atoms with Gasteiger partial charge in [-0.3, -0.25) is 0 Å². The second-order valence-electron chi connectivity index (χ2n) is 8.43. The average Bonchev–Trinajstić information content (AvgIpc) is 2.66. The van der Waals surface area contributed by atoms with E-state index in [2.05, 4.69) is 59.6 Å². The summed E-state index contributed by atoms with van der Waals surface area (Å²) in [5, 5.41) is 2.95. The van der Waals surface area contributed by atoms with Gasteiger partial charge in [-0.15, -0.1) is 0 Å². The number of ether oxygens (including phenoxy) is 1. The molecule has 0 radical (unpaired) electrons. The summed E-state index contributed by atoms with van der Waals surface area (Å²) in [5.41, 5.74) is 4.73. The molecule has 0 aromatic heterocycles. The predicted molar refractivity (Wildman–Crippen MR) is 115 cm³/mol. The van der Waals surface area contributed by atoms with Crippen LogP contribution in [0.1, 0.15) is 57.6 Å². The predicted octanol–water partition coefficient (Wildman–Crippen LogP) is 5.79. The van der Waals surface area contributed by atoms with Crippen molar-refractivity contribution in [3.05, 3.63) is 59.7 Å². The smallest absolute Gasteiger partial charge is 0.407 e. The van der Waals surface area contributed by atoms with Crippen molar-refractivity contribution in [2.75, 3.05) is 18.0 Å². The molecule has 3 rings (SSSR count). The number of amides is 1. The van der Waals surface area contributed by atoms with E-state index >= 15 is 0 Å². The summed E-state index contributed by atoms with van der Waals surface area (Å²) in [6, 6.07) is 17.3. The van der Waals surface area contributed by atoms with Gasteiger partial charge in [0.25, 0.3) is 0 Å². The van der Waals surface area contributed by atoms with E-state index in [9.17, 15) is 4.79 Å². The molecule has 2 aromatic rings. The zero-order valence-electron chi connectivity index (χ0n) is 17.5. The lowest BCUT2D eigenvalue weighted by molar-refractivity contribution is 0.0523. The van der Waals surface area contributed by atoms with E-state index in [1.807, 2.05) is 26.8 Å². The summed E-state index contributed by atoms with van der Waals surface area (Å²) < 4.78 is 5.37. The second-order valence-corrected chi connectivity index (χ2v) is 8.43. The Labute approximate surface area is 168 Å². The maximum Gasteiger partial charge on any atom is 0.407 e. The van der Waals surface area contributed by atoms with Crippen LogP contribution >= 0.6 is 0 Å². The molecule has 2 aromatic carbocycles. The van der Waals surface area contributed by atoms with Gasteiger partial charge < -0.3 is 15.0 Å². The monoisotopic (exact) mass is 380 g/mol. The fraction of sp³-hybridized carbons (Fsp3) is 0.458. The Morgan fingerprint density at radius 1 is 1.14 bits per heavy atom. The van der Waals surface area contributed by atoms with Crippen LogP contribution in [0.25, 0.3) is 0 Å². The maximum absolute atomic E-state index is 12.0. The van der Waals surface area contributed by atoms with E-state index in [-0.39, 0.29) is 6.09 Å². The van der Waals surface area contributed by atoms with Gasteiger partial charge in [-0.2, -0.15) is 0 Å². The van der Waals surface area contributed by atoms with Crippen LogP contribution in [0.3, 0.4) is 0 Å². The minimum Gasteiger partial charge on any atom is -0.444 e. The summed E-state index contributed by atoms with van der Waals surface area (Å²) in [6.45, 7) is 9.38. The highest BCUT2D eigenvalue weighted by Crippen LogP contribution is 2.35. The summed E-state index contributed by atoms with van der Waals surface area (Å²) in [6.07, 6.45) is 3.00. The van der Waals surface area contributed by atoms with E-state index in [1.165, 1.54) is 22.5 Å². The molecule has 0 saturated heterocycles. The Bertz CT molecular complexity index is 796. The molecule has 0 bridgehead atoms. The Balaban J connectivity index is 1.74. The highest BCUT2D eigenvalue weighted by molar-refractivity contribution is 5.68. The number of fused-ring (bicyclic) bond motifs is 1. The fourth-order valence-corrected chi connectivity index (χ4v) is 3.92. The van der Waals surface area contributed by atoms with Crippen molar-refractivity contribution in [2.24, 2.45) is 0 Å². The molecule has 0 fully saturated rings. The molecule has 150 valence electrons. The summed E-state index contributed by atoms with van der Waals surface area (Å²) in [5.74, 6) is 0.345. The second kappa shape index (κ2) is 8.68. The molecular weight excluding hydrogens is 348 g/mol. The number of benzene rings is 2. The van der Waals surface area contributed by atoms with Crippen LogP contribution in [-0.4, -0.2) is 24.8 Å². The number of carbonyl (C=O) groups is 1. The van der Waals surface area contributed by atoms with E-state index < -0.39 is 5.60 Å². The number of nitrogens with one attached hydrogen (secondary N) is 1. The lowest BCUT2D eigenvalue weighted by atomic mass is 9.82. The Morgan fingerprint density at radius 3 is 2.57 bits per heavy atom. The molecule has 0 aliphatic heterocycles. The topological polar surface area (TPSA) is 41.6 Å². The largest absolute Gasteiger partial charge is 0.444 e. The molecule has 0 heterocycles. The Morgan fingerprint density at radius 2 is 1.89 bits per heavy atom. The zero-order chi connectivity index (χ0) is 20.1. The molecule has 1 atom stereocenters. The van der Waals surface area contributed by atoms with E-state index in [4.69, 9.17) is 4.74 Å². The molecule has 1 aliphatic carbocycles. The number of nitrogens with zero attached hydrogens (tertiary/aromatic N) is 1. The van der Waals surface area contributed by atoms with Crippen molar-refractivity contribution in [3.63, 3.8) is 0 Å². The molecule has 28 heavy (non-hydrogen) atoms. The van der Waals surface area contributed by atoms with Crippen LogP contribution in [0.2, 0.25) is 0 Å². The number of hydrogen-bond donors (Lipinski definition) is 1. The van der Waals surface area contributed by atoms with E-state index in [0.717, 1.165) is 25.8 Å². The van der Waals surface area contributed by atoms with Crippen molar-refractivity contribution in [1.29, 1.82) is 0 Å². The van der Waals surface area contributed by atoms with Gasteiger partial charge in [0.05, 0.1) is 0 Å². The first-order valence-corrected chi connectivity index (χ1v) is 10.3. The molecule has 1 amide bonds. The van der Waals surface area contributed by atoms with Gasteiger partial charge in [0.1, 0.15) is 5.60 Å². The van der Waals surface area contributed by atoms with Crippen molar-refractivity contribution >= 4 is 17.5 Å². The molecule has 1 N–H and O–H groups in total. The quantitative estimate of drug-likeness (QED) is 0.714. The molecular formula is C24H32N2O2. The van der Waals surface area contributed by atoms with Crippen molar-refractivity contribution in [3.8, 4) is 0 Å². The number of alkyl carbamates (subject to hydrolysis) is 1. The fourth-order valence-electron chi connectivity index (χ4n) is 3.92. The Hall–Kier alpha value is -2.49. The molecule has 1 aliphatic rings. The summed E-state index contributed by atoms with van der Waals surface area (Å²) >= 11 is 0. The van der Waals surface area contributed by atoms with Gasteiger partial charge in [0.2, 0.25) is 0 Å². The maximum atomic E-state index is 12.0. The molecule has 4 heteroatoms. The van der Waals surface area contributed by atoms with Gasteiger partial charge in [-0.05, 0) is 82.3 Å². The molecule has 0 saturated carbocycles. The third kappa shape index (κ3) is 5.06. The number of carbonyl (C=O) groups excluding carboxylic acids is 1. The van der Waals surface area contributed by atoms with Gasteiger partial charge in [-0.1, -0.05) is 24.3 Å². The van der Waals surface area contributed by atoms with Crippen LogP contribution in [0.5, 0.6) is 0 Å². The average molecular weight is 381 g/mol. The van der Waals surface area contributed by atoms with Crippen LogP contribution in [0, 0.1) is 0 Å². The van der Waals surface area contributed by atoms with Crippen LogP contribution in [0.15, 0.2) is 48.5 Å². The Kier molecular flexibility index (Phi) is 6.28. The van der Waals surface area contributed by atoms with Gasteiger partial charge in [0, 0.05) is 30.4 Å². The molecule has 4 nitrogen and oxygen atoms in total. The standard InChI is InChI=1S/C24H32N2O2/c1-5-26(20-12-7-6-8-13-20)21-14-15-22-18(16-21)10-9-11-19(22)17-25-23(27)28-24(2,3)4/h6-8,12-16,19H,5,9-11,17H2,1-4H3,(H,25,27)/t19-/m0/s1. The minimum atomic E-state index is -0.468. The number of para-hydroxylation sites is 1. The first-order valence-electron chi connectivity index (χ1n) is 10.3. The normalized spacial score (nSPS) is 16.2. The third-order valence-corrected chi connectivity index (χ3v) is 5.15. The number of rotatable bonds is 5. The van der Waals surface area contributed by atoms with Crippen molar-refractivity contribution in [1.82, 2.24) is 5.32 Å². The molecule has 0 spiro atoms. The lowest BCUT2D eigenvalue weighted by Crippen LogP contribution is -2.35. The van der Waals surface area contributed by atoms with Crippen LogP contribution in [0.4, 0.5) is 16.2 Å². The summed E-state index contributed by atoms with van der Waals surface area (Å²) in [4.78, 5) is 14.3. The van der Waals surface area contributed by atoms with E-state index in [1.54, 1.807) is 0 Å². The highest BCUT2D eigenvalue weighted by Gasteiger charge is 2.23. The van der Waals surface area contributed by atoms with Gasteiger partial charge in [0.15, 0.2) is 0 Å². The number of anilines is 2. The molecule has 0 unspecified atom stereocenters. The van der Waals surface area contributed by atoms with Gasteiger partial charge in [-0.25, -0.2) is 4.79 Å². The lowest BCUT2D eigenvalue weighted by Gasteiger charge is -2.29. The van der Waals surface area contributed by atoms with Crippen molar-refractivity contribution < 1.29 is 9.53 Å². The number of aryl methyl sites for hydroxylation is 1. The first-order chi connectivity index (χ1) is 13.4. The first kappa shape index (κ1) is 20.2. The van der Waals surface area contributed by atoms with E-state index in [0.29, 0.717) is 12.5 Å².